The van der Waals surface area contributed by atoms with Gasteiger partial charge in [0.15, 0.2) is 0 Å². The van der Waals surface area contributed by atoms with Crippen LogP contribution >= 0.6 is 15.9 Å². The highest BCUT2D eigenvalue weighted by Crippen LogP contribution is 2.40. The van der Waals surface area contributed by atoms with Crippen molar-refractivity contribution in [2.24, 2.45) is 0 Å². The zero-order chi connectivity index (χ0) is 22.0. The first-order chi connectivity index (χ1) is 15.0. The Labute approximate surface area is 188 Å². The van der Waals surface area contributed by atoms with Gasteiger partial charge in [-0.25, -0.2) is 4.39 Å². The Morgan fingerprint density at radius 3 is 2.42 bits per heavy atom. The van der Waals surface area contributed by atoms with Gasteiger partial charge in [0.2, 0.25) is 0 Å². The van der Waals surface area contributed by atoms with E-state index in [2.05, 4.69) is 20.8 Å². The summed E-state index contributed by atoms with van der Waals surface area (Å²) < 4.78 is 20.9. The minimum Gasteiger partial charge on any atom is -0.507 e. The minimum atomic E-state index is -0.995. The zero-order valence-electron chi connectivity index (χ0n) is 16.8. The second kappa shape index (κ2) is 9.30. The van der Waals surface area contributed by atoms with Crippen molar-refractivity contribution in [2.75, 3.05) is 39.4 Å². The van der Waals surface area contributed by atoms with E-state index >= 15 is 0 Å². The van der Waals surface area contributed by atoms with E-state index in [1.807, 2.05) is 0 Å². The Bertz CT molecular complexity index is 1020. The van der Waals surface area contributed by atoms with Gasteiger partial charge in [0.1, 0.15) is 11.6 Å². The summed E-state index contributed by atoms with van der Waals surface area (Å²) in [6.45, 7) is 3.44. The number of likely N-dealkylation sites (tertiary alicyclic amines) is 1. The summed E-state index contributed by atoms with van der Waals surface area (Å²) in [5, 5.41) is 11.0. The number of hydrogen-bond donors (Lipinski definition) is 1. The summed E-state index contributed by atoms with van der Waals surface area (Å²) in [7, 11) is 0. The first-order valence-electron chi connectivity index (χ1n) is 10.1. The van der Waals surface area contributed by atoms with Gasteiger partial charge in [-0.1, -0.05) is 46.3 Å². The van der Waals surface area contributed by atoms with Crippen molar-refractivity contribution in [1.29, 1.82) is 0 Å². The molecule has 2 aromatic carbocycles. The van der Waals surface area contributed by atoms with E-state index in [0.717, 1.165) is 17.6 Å². The number of benzene rings is 2. The van der Waals surface area contributed by atoms with Crippen molar-refractivity contribution in [3.8, 4) is 0 Å². The van der Waals surface area contributed by atoms with Crippen molar-refractivity contribution in [2.45, 2.75) is 6.04 Å². The van der Waals surface area contributed by atoms with Crippen LogP contribution < -0.4 is 0 Å². The summed E-state index contributed by atoms with van der Waals surface area (Å²) >= 11 is 3.34. The lowest BCUT2D eigenvalue weighted by Crippen LogP contribution is -2.42. The van der Waals surface area contributed by atoms with Crippen LogP contribution in [0.15, 0.2) is 58.6 Å². The molecule has 0 unspecified atom stereocenters. The molecular formula is C23H22BrFN2O4. The molecule has 0 bridgehead atoms. The number of carbonyl (C=O) groups is 2. The molecule has 2 aliphatic rings. The Morgan fingerprint density at radius 2 is 1.74 bits per heavy atom. The summed E-state index contributed by atoms with van der Waals surface area (Å²) in [6.07, 6.45) is 0. The van der Waals surface area contributed by atoms with Gasteiger partial charge in [-0.2, -0.15) is 0 Å². The SMILES string of the molecule is O=C1C(=O)N(CCN2CCOCC2)[C@@H](c2ccccc2F)C1=C(O)c1ccc(Br)cc1. The van der Waals surface area contributed by atoms with Gasteiger partial charge < -0.3 is 14.7 Å². The van der Waals surface area contributed by atoms with Crippen LogP contribution in [0.2, 0.25) is 0 Å². The molecule has 4 rings (SSSR count). The lowest BCUT2D eigenvalue weighted by atomic mass is 9.95. The van der Waals surface area contributed by atoms with Crippen LogP contribution in [-0.4, -0.2) is 66.0 Å². The Morgan fingerprint density at radius 1 is 1.06 bits per heavy atom. The highest BCUT2D eigenvalue weighted by atomic mass is 79.9. The summed E-state index contributed by atoms with van der Waals surface area (Å²) in [4.78, 5) is 29.4. The largest absolute Gasteiger partial charge is 0.507 e. The van der Waals surface area contributed by atoms with Crippen molar-refractivity contribution >= 4 is 33.4 Å². The standard InChI is InChI=1S/C23H22BrFN2O4/c24-16-7-5-15(6-8-16)21(28)19-20(17-3-1-2-4-18(17)25)27(23(30)22(19)29)10-9-26-11-13-31-14-12-26/h1-8,20,28H,9-14H2/t20-/m0/s1. The van der Waals surface area contributed by atoms with Crippen LogP contribution in [-0.2, 0) is 14.3 Å². The monoisotopic (exact) mass is 488 g/mol. The molecule has 162 valence electrons. The number of Topliss-reactive ketones (excluding diaryl/α,β-unsaturated/α-hetero) is 1. The molecule has 2 heterocycles. The Hall–Kier alpha value is -2.55. The number of rotatable bonds is 5. The van der Waals surface area contributed by atoms with E-state index < -0.39 is 23.5 Å². The number of aliphatic hydroxyl groups is 1. The van der Waals surface area contributed by atoms with Crippen LogP contribution in [0.4, 0.5) is 4.39 Å². The average molecular weight is 489 g/mol. The molecule has 2 aliphatic heterocycles. The molecule has 2 aromatic rings. The molecule has 1 amide bonds. The fraction of sp³-hybridized carbons (Fsp3) is 0.304. The van der Waals surface area contributed by atoms with Crippen molar-refractivity contribution in [3.63, 3.8) is 0 Å². The maximum absolute atomic E-state index is 14.8. The van der Waals surface area contributed by atoms with E-state index in [1.165, 1.54) is 11.0 Å². The number of aliphatic hydroxyl groups excluding tert-OH is 1. The molecule has 0 aliphatic carbocycles. The van der Waals surface area contributed by atoms with Gasteiger partial charge in [0.05, 0.1) is 24.8 Å². The molecule has 0 radical (unpaired) electrons. The number of carbonyl (C=O) groups excluding carboxylic acids is 2. The third kappa shape index (κ3) is 4.42. The summed E-state index contributed by atoms with van der Waals surface area (Å²) in [6, 6.07) is 11.8. The molecule has 2 saturated heterocycles. The normalized spacial score (nSPS) is 21.6. The molecule has 6 nitrogen and oxygen atoms in total. The second-order valence-corrected chi connectivity index (χ2v) is 8.39. The molecule has 1 N–H and O–H groups in total. The quantitative estimate of drug-likeness (QED) is 0.397. The van der Waals surface area contributed by atoms with E-state index in [0.29, 0.717) is 25.3 Å². The number of halogens is 2. The smallest absolute Gasteiger partial charge is 0.295 e. The highest BCUT2D eigenvalue weighted by Gasteiger charge is 2.46. The van der Waals surface area contributed by atoms with Crippen LogP contribution in [0.25, 0.3) is 5.76 Å². The van der Waals surface area contributed by atoms with Gasteiger partial charge in [0.25, 0.3) is 11.7 Å². The van der Waals surface area contributed by atoms with E-state index in [-0.39, 0.29) is 23.4 Å². The van der Waals surface area contributed by atoms with Crippen molar-refractivity contribution in [1.82, 2.24) is 9.80 Å². The van der Waals surface area contributed by atoms with Gasteiger partial charge in [-0.15, -0.1) is 0 Å². The molecule has 2 fully saturated rings. The maximum atomic E-state index is 14.8. The Kier molecular flexibility index (Phi) is 6.50. The fourth-order valence-electron chi connectivity index (χ4n) is 3.97. The number of morpholine rings is 1. The lowest BCUT2D eigenvalue weighted by molar-refractivity contribution is -0.140. The predicted molar refractivity (Wildman–Crippen MR) is 117 cm³/mol. The molecule has 0 aromatic heterocycles. The molecular weight excluding hydrogens is 467 g/mol. The van der Waals surface area contributed by atoms with Gasteiger partial charge >= 0.3 is 0 Å². The van der Waals surface area contributed by atoms with Crippen molar-refractivity contribution < 1.29 is 23.8 Å². The van der Waals surface area contributed by atoms with Crippen LogP contribution in [0.3, 0.4) is 0 Å². The van der Waals surface area contributed by atoms with E-state index in [4.69, 9.17) is 4.74 Å². The van der Waals surface area contributed by atoms with Crippen LogP contribution in [0, 0.1) is 5.82 Å². The third-order valence-electron chi connectivity index (χ3n) is 5.62. The average Bonchev–Trinajstić information content (AvgIpc) is 3.03. The summed E-state index contributed by atoms with van der Waals surface area (Å²) in [5.74, 6) is -2.39. The van der Waals surface area contributed by atoms with Crippen LogP contribution in [0.1, 0.15) is 17.2 Å². The van der Waals surface area contributed by atoms with Gasteiger partial charge in [-0.3, -0.25) is 14.5 Å². The lowest BCUT2D eigenvalue weighted by Gasteiger charge is -2.31. The van der Waals surface area contributed by atoms with Gasteiger partial charge in [-0.05, 0) is 18.2 Å². The summed E-state index contributed by atoms with van der Waals surface area (Å²) in [5.41, 5.74) is 0.470. The minimum absolute atomic E-state index is 0.0978. The number of hydrogen-bond acceptors (Lipinski definition) is 5. The highest BCUT2D eigenvalue weighted by molar-refractivity contribution is 9.10. The number of nitrogens with zero attached hydrogens (tertiary/aromatic N) is 2. The Balaban J connectivity index is 1.75. The predicted octanol–water partition coefficient (Wildman–Crippen LogP) is 3.34. The number of ketones is 1. The number of amides is 1. The first kappa shape index (κ1) is 21.7. The van der Waals surface area contributed by atoms with Crippen molar-refractivity contribution in [3.05, 3.63) is 75.5 Å². The fourth-order valence-corrected chi connectivity index (χ4v) is 4.23. The topological polar surface area (TPSA) is 70.1 Å². The zero-order valence-corrected chi connectivity index (χ0v) is 18.3. The van der Waals surface area contributed by atoms with E-state index in [1.54, 1.807) is 42.5 Å². The molecule has 0 spiro atoms. The molecule has 0 saturated carbocycles. The molecule has 8 heteroatoms. The number of ether oxygens (including phenoxy) is 1. The van der Waals surface area contributed by atoms with Gasteiger partial charge in [0, 0.05) is 41.8 Å². The van der Waals surface area contributed by atoms with E-state index in [9.17, 15) is 19.1 Å². The maximum Gasteiger partial charge on any atom is 0.295 e. The second-order valence-electron chi connectivity index (χ2n) is 7.47. The first-order valence-corrected chi connectivity index (χ1v) is 10.9. The molecule has 31 heavy (non-hydrogen) atoms. The van der Waals surface area contributed by atoms with Crippen LogP contribution in [0.5, 0.6) is 0 Å². The third-order valence-corrected chi connectivity index (χ3v) is 6.15. The molecule has 1 atom stereocenters.